The van der Waals surface area contributed by atoms with Gasteiger partial charge < -0.3 is 15.9 Å². The van der Waals surface area contributed by atoms with Crippen LogP contribution in [0.2, 0.25) is 0 Å². The molecule has 0 radical (unpaired) electrons. The van der Waals surface area contributed by atoms with E-state index >= 15 is 0 Å². The van der Waals surface area contributed by atoms with Crippen LogP contribution in [0, 0.1) is 10.8 Å². The van der Waals surface area contributed by atoms with Crippen LogP contribution in [0.3, 0.4) is 0 Å². The van der Waals surface area contributed by atoms with Crippen molar-refractivity contribution in [3.63, 3.8) is 0 Å². The molecule has 0 fully saturated rings. The second-order valence-electron chi connectivity index (χ2n) is 5.43. The van der Waals surface area contributed by atoms with Gasteiger partial charge in [-0.05, 0) is 54.4 Å². The Labute approximate surface area is 125 Å². The number of fused-ring (bicyclic) bond motifs is 1. The first-order chi connectivity index (χ1) is 10.3. The fraction of sp³-hybridized carbons (Fsp3) is 0.333. The van der Waals surface area contributed by atoms with E-state index in [1.54, 1.807) is 0 Å². The predicted octanol–water partition coefficient (Wildman–Crippen LogP) is 3.93. The van der Waals surface area contributed by atoms with Gasteiger partial charge in [0.2, 0.25) is 0 Å². The SMILES string of the molecule is N=CCCC(CC=N)(CCO)c1cccc2ccccc12. The van der Waals surface area contributed by atoms with Crippen LogP contribution in [0.5, 0.6) is 0 Å². The summed E-state index contributed by atoms with van der Waals surface area (Å²) in [5, 5.41) is 26.8. The van der Waals surface area contributed by atoms with Gasteiger partial charge in [0.15, 0.2) is 0 Å². The molecule has 0 aromatic heterocycles. The van der Waals surface area contributed by atoms with Crippen LogP contribution in [-0.4, -0.2) is 24.1 Å². The quantitative estimate of drug-likeness (QED) is 0.631. The van der Waals surface area contributed by atoms with E-state index < -0.39 is 0 Å². The maximum Gasteiger partial charge on any atom is 0.0439 e. The Morgan fingerprint density at radius 1 is 0.952 bits per heavy atom. The van der Waals surface area contributed by atoms with Gasteiger partial charge in [0, 0.05) is 12.0 Å². The second-order valence-corrected chi connectivity index (χ2v) is 5.43. The van der Waals surface area contributed by atoms with E-state index in [9.17, 15) is 5.11 Å². The molecule has 110 valence electrons. The van der Waals surface area contributed by atoms with E-state index in [1.165, 1.54) is 28.8 Å². The fourth-order valence-corrected chi connectivity index (χ4v) is 3.15. The van der Waals surface area contributed by atoms with Crippen molar-refractivity contribution in [1.82, 2.24) is 0 Å². The molecule has 0 spiro atoms. The van der Waals surface area contributed by atoms with E-state index in [0.29, 0.717) is 19.3 Å². The van der Waals surface area contributed by atoms with Crippen LogP contribution < -0.4 is 0 Å². The minimum atomic E-state index is -0.269. The summed E-state index contributed by atoms with van der Waals surface area (Å²) < 4.78 is 0. The maximum absolute atomic E-state index is 9.53. The molecular formula is C18H22N2O. The molecule has 3 N–H and O–H groups in total. The van der Waals surface area contributed by atoms with Crippen molar-refractivity contribution in [2.24, 2.45) is 0 Å². The monoisotopic (exact) mass is 282 g/mol. The molecule has 0 saturated heterocycles. The van der Waals surface area contributed by atoms with Crippen LogP contribution in [0.1, 0.15) is 31.2 Å². The van der Waals surface area contributed by atoms with Gasteiger partial charge in [-0.25, -0.2) is 0 Å². The van der Waals surface area contributed by atoms with Crippen LogP contribution in [0.4, 0.5) is 0 Å². The maximum atomic E-state index is 9.53. The average molecular weight is 282 g/mol. The van der Waals surface area contributed by atoms with E-state index in [-0.39, 0.29) is 12.0 Å². The van der Waals surface area contributed by atoms with Crippen molar-refractivity contribution >= 4 is 23.2 Å². The summed E-state index contributed by atoms with van der Waals surface area (Å²) in [6.45, 7) is 0.0923. The highest BCUT2D eigenvalue weighted by Gasteiger charge is 2.31. The third kappa shape index (κ3) is 3.19. The molecule has 0 aliphatic heterocycles. The normalized spacial score (nSPS) is 13.8. The Bertz CT molecular complexity index is 618. The molecule has 2 aromatic rings. The molecule has 0 aliphatic rings. The molecule has 0 saturated carbocycles. The van der Waals surface area contributed by atoms with Gasteiger partial charge in [-0.2, -0.15) is 0 Å². The molecule has 0 heterocycles. The number of hydrogen-bond donors (Lipinski definition) is 3. The number of hydrogen-bond acceptors (Lipinski definition) is 3. The summed E-state index contributed by atoms with van der Waals surface area (Å²) in [4.78, 5) is 0. The van der Waals surface area contributed by atoms with Gasteiger partial charge in [-0.3, -0.25) is 0 Å². The van der Waals surface area contributed by atoms with Crippen molar-refractivity contribution in [2.45, 2.75) is 31.1 Å². The van der Waals surface area contributed by atoms with E-state index in [2.05, 4.69) is 24.3 Å². The van der Waals surface area contributed by atoms with Crippen molar-refractivity contribution in [3.05, 3.63) is 48.0 Å². The Kier molecular flexibility index (Phi) is 5.23. The van der Waals surface area contributed by atoms with Gasteiger partial charge in [0.1, 0.15) is 0 Å². The van der Waals surface area contributed by atoms with Gasteiger partial charge in [0.25, 0.3) is 0 Å². The number of benzene rings is 2. The molecule has 0 amide bonds. The van der Waals surface area contributed by atoms with Crippen LogP contribution >= 0.6 is 0 Å². The topological polar surface area (TPSA) is 67.9 Å². The molecule has 21 heavy (non-hydrogen) atoms. The zero-order chi connectivity index (χ0) is 15.1. The Morgan fingerprint density at radius 2 is 1.71 bits per heavy atom. The minimum Gasteiger partial charge on any atom is -0.396 e. The molecule has 1 atom stereocenters. The lowest BCUT2D eigenvalue weighted by Gasteiger charge is -2.33. The summed E-state index contributed by atoms with van der Waals surface area (Å²) >= 11 is 0. The zero-order valence-corrected chi connectivity index (χ0v) is 12.2. The molecule has 3 nitrogen and oxygen atoms in total. The van der Waals surface area contributed by atoms with Gasteiger partial charge in [0.05, 0.1) is 0 Å². The van der Waals surface area contributed by atoms with Gasteiger partial charge >= 0.3 is 0 Å². The summed E-state index contributed by atoms with van der Waals surface area (Å²) in [7, 11) is 0. The summed E-state index contributed by atoms with van der Waals surface area (Å²) in [5.74, 6) is 0. The highest BCUT2D eigenvalue weighted by Crippen LogP contribution is 2.39. The molecule has 1 unspecified atom stereocenters. The Hall–Kier alpha value is -2.00. The molecule has 2 rings (SSSR count). The number of aliphatic hydroxyl groups excluding tert-OH is 1. The van der Waals surface area contributed by atoms with Crippen molar-refractivity contribution in [1.29, 1.82) is 10.8 Å². The molecule has 0 bridgehead atoms. The highest BCUT2D eigenvalue weighted by molar-refractivity contribution is 5.87. The number of rotatable bonds is 8. The minimum absolute atomic E-state index is 0.0923. The first kappa shape index (κ1) is 15.4. The molecule has 0 aliphatic carbocycles. The van der Waals surface area contributed by atoms with E-state index in [4.69, 9.17) is 10.8 Å². The summed E-state index contributed by atoms with van der Waals surface area (Å²) in [6.07, 6.45) is 5.50. The fourth-order valence-electron chi connectivity index (χ4n) is 3.15. The first-order valence-corrected chi connectivity index (χ1v) is 7.34. The second kappa shape index (κ2) is 7.14. The number of nitrogens with one attached hydrogen (secondary N) is 2. The summed E-state index contributed by atoms with van der Waals surface area (Å²) in [6, 6.07) is 14.5. The third-order valence-electron chi connectivity index (χ3n) is 4.21. The van der Waals surface area contributed by atoms with E-state index in [1.807, 2.05) is 18.2 Å². The van der Waals surface area contributed by atoms with Crippen LogP contribution in [0.25, 0.3) is 10.8 Å². The molecular weight excluding hydrogens is 260 g/mol. The average Bonchev–Trinajstić information content (AvgIpc) is 2.52. The van der Waals surface area contributed by atoms with Crippen molar-refractivity contribution in [3.8, 4) is 0 Å². The van der Waals surface area contributed by atoms with Crippen molar-refractivity contribution in [2.75, 3.05) is 6.61 Å². The summed E-state index contributed by atoms with van der Waals surface area (Å²) in [5.41, 5.74) is 0.912. The van der Waals surface area contributed by atoms with E-state index in [0.717, 1.165) is 6.42 Å². The van der Waals surface area contributed by atoms with Gasteiger partial charge in [-0.15, -0.1) is 0 Å². The molecule has 2 aromatic carbocycles. The molecule has 3 heteroatoms. The highest BCUT2D eigenvalue weighted by atomic mass is 16.3. The lowest BCUT2D eigenvalue weighted by molar-refractivity contribution is 0.234. The van der Waals surface area contributed by atoms with Gasteiger partial charge in [-0.1, -0.05) is 42.5 Å². The smallest absolute Gasteiger partial charge is 0.0439 e. The third-order valence-corrected chi connectivity index (χ3v) is 4.21. The first-order valence-electron chi connectivity index (χ1n) is 7.34. The van der Waals surface area contributed by atoms with Crippen molar-refractivity contribution < 1.29 is 5.11 Å². The Morgan fingerprint density at radius 3 is 2.43 bits per heavy atom. The van der Waals surface area contributed by atoms with Crippen LogP contribution in [0.15, 0.2) is 42.5 Å². The zero-order valence-electron chi connectivity index (χ0n) is 12.2. The lowest BCUT2D eigenvalue weighted by Crippen LogP contribution is -2.28. The number of aliphatic hydroxyl groups is 1. The lowest BCUT2D eigenvalue weighted by atomic mass is 9.70. The predicted molar refractivity (Wildman–Crippen MR) is 88.7 cm³/mol. The standard InChI is InChI=1S/C18H22N2O/c19-12-4-9-18(10-13-20,11-14-21)17-8-3-6-15-5-1-2-7-16(15)17/h1-3,5-8,12-13,19-21H,4,9-11,14H2. The van der Waals surface area contributed by atoms with Crippen LogP contribution in [-0.2, 0) is 5.41 Å². The largest absolute Gasteiger partial charge is 0.396 e. The Balaban J connectivity index is 2.60.